The summed E-state index contributed by atoms with van der Waals surface area (Å²) in [6, 6.07) is -4.89. The molecule has 0 aromatic rings. The summed E-state index contributed by atoms with van der Waals surface area (Å²) in [6.07, 6.45) is -2.24. The number of unbranched alkanes of at least 4 members (excludes halogenated alkanes) is 3. The van der Waals surface area contributed by atoms with Gasteiger partial charge in [0.25, 0.3) is 0 Å². The monoisotopic (exact) mass is 301 g/mol. The Morgan fingerprint density at radius 2 is 1.70 bits per heavy atom. The summed E-state index contributed by atoms with van der Waals surface area (Å²) < 4.78 is 64.0. The lowest BCUT2D eigenvalue weighted by molar-refractivity contribution is -0.333. The van der Waals surface area contributed by atoms with Crippen molar-refractivity contribution in [2.45, 2.75) is 64.3 Å². The highest BCUT2D eigenvalue weighted by Gasteiger charge is 2.64. The summed E-state index contributed by atoms with van der Waals surface area (Å²) in [7, 11) is 0. The van der Waals surface area contributed by atoms with Crippen LogP contribution in [0.1, 0.15) is 46.0 Å². The number of nitrogens with zero attached hydrogens (tertiary/aromatic N) is 3. The Kier molecular flexibility index (Phi) is 5.59. The van der Waals surface area contributed by atoms with Crippen LogP contribution in [0.3, 0.4) is 0 Å². The first kappa shape index (κ1) is 17.0. The van der Waals surface area contributed by atoms with Gasteiger partial charge in [-0.3, -0.25) is 9.91 Å². The minimum atomic E-state index is -5.61. The lowest BCUT2D eigenvalue weighted by Gasteiger charge is -2.35. The van der Waals surface area contributed by atoms with Crippen molar-refractivity contribution in [3.8, 4) is 0 Å². The van der Waals surface area contributed by atoms with Crippen LogP contribution in [-0.4, -0.2) is 41.2 Å². The first-order valence-corrected chi connectivity index (χ1v) is 6.79. The van der Waals surface area contributed by atoms with Crippen LogP contribution < -0.4 is 0 Å². The number of rotatable bonds is 7. The topological polar surface area (TPSA) is 18.8 Å². The molecule has 0 bridgehead atoms. The molecule has 118 valence electrons. The van der Waals surface area contributed by atoms with E-state index in [-0.39, 0.29) is 11.3 Å². The maximum Gasteiger partial charge on any atom is 0.475 e. The molecular weight excluding hydrogens is 281 g/mol. The largest absolute Gasteiger partial charge is 0.475 e. The number of hydrazone groups is 1. The molecule has 20 heavy (non-hydrogen) atoms. The first-order valence-electron chi connectivity index (χ1n) is 6.79. The van der Waals surface area contributed by atoms with Gasteiger partial charge >= 0.3 is 12.2 Å². The molecule has 3 nitrogen and oxygen atoms in total. The molecule has 0 aliphatic carbocycles. The van der Waals surface area contributed by atoms with Crippen LogP contribution in [0.15, 0.2) is 5.10 Å². The molecule has 1 heterocycles. The molecule has 1 rings (SSSR count). The molecule has 0 spiro atoms. The Balaban J connectivity index is 2.67. The average Bonchev–Trinajstić information content (AvgIpc) is 2.76. The molecule has 0 N–H and O–H groups in total. The summed E-state index contributed by atoms with van der Waals surface area (Å²) in [5, 5.41) is 5.02. The molecule has 1 atom stereocenters. The Labute approximate surface area is 115 Å². The predicted molar refractivity (Wildman–Crippen MR) is 66.3 cm³/mol. The van der Waals surface area contributed by atoms with Crippen LogP contribution in [0, 0.1) is 0 Å². The van der Waals surface area contributed by atoms with E-state index in [4.69, 9.17) is 0 Å². The van der Waals surface area contributed by atoms with Gasteiger partial charge in [-0.25, -0.2) is 0 Å². The molecule has 8 heteroatoms. The molecule has 0 aromatic carbocycles. The van der Waals surface area contributed by atoms with Gasteiger partial charge in [0.05, 0.1) is 0 Å². The predicted octanol–water partition coefficient (Wildman–Crippen LogP) is 4.02. The molecule has 0 fully saturated rings. The normalized spacial score (nSPS) is 20.1. The van der Waals surface area contributed by atoms with Crippen LogP contribution >= 0.6 is 0 Å². The summed E-state index contributed by atoms with van der Waals surface area (Å²) in [6.45, 7) is 3.99. The highest BCUT2D eigenvalue weighted by molar-refractivity contribution is 5.58. The minimum absolute atomic E-state index is 0.00677. The lowest BCUT2D eigenvalue weighted by atomic mass is 10.2. The highest BCUT2D eigenvalue weighted by Crippen LogP contribution is 2.40. The zero-order valence-electron chi connectivity index (χ0n) is 11.6. The second kappa shape index (κ2) is 6.58. The highest BCUT2D eigenvalue weighted by atomic mass is 19.4. The van der Waals surface area contributed by atoms with Crippen molar-refractivity contribution in [2.24, 2.45) is 5.10 Å². The quantitative estimate of drug-likeness (QED) is 0.402. The van der Waals surface area contributed by atoms with Crippen LogP contribution in [0.2, 0.25) is 0 Å². The second-order valence-electron chi connectivity index (χ2n) is 4.79. The standard InChI is InChI=1S/C12H20F5N3/c1-3-5-6-7-8-20-10(4-2)19(9-18-20)12(16,17)11(13,14)15/h9-10H,3-8H2,1-2H3. The molecule has 0 amide bonds. The van der Waals surface area contributed by atoms with Gasteiger partial charge in [-0.15, -0.1) is 0 Å². The lowest BCUT2D eigenvalue weighted by Crippen LogP contribution is -2.56. The van der Waals surface area contributed by atoms with Gasteiger partial charge < -0.3 is 0 Å². The van der Waals surface area contributed by atoms with Gasteiger partial charge in [-0.05, 0) is 12.8 Å². The Morgan fingerprint density at radius 1 is 1.05 bits per heavy atom. The van der Waals surface area contributed by atoms with Crippen LogP contribution in [0.5, 0.6) is 0 Å². The second-order valence-corrected chi connectivity index (χ2v) is 4.79. The molecule has 0 saturated heterocycles. The van der Waals surface area contributed by atoms with Gasteiger partial charge in [0.15, 0.2) is 0 Å². The van der Waals surface area contributed by atoms with E-state index < -0.39 is 18.4 Å². The summed E-state index contributed by atoms with van der Waals surface area (Å²) in [4.78, 5) is 0.00677. The zero-order chi connectivity index (χ0) is 15.4. The van der Waals surface area contributed by atoms with Gasteiger partial charge in [0.1, 0.15) is 12.5 Å². The van der Waals surface area contributed by atoms with E-state index in [9.17, 15) is 22.0 Å². The fraction of sp³-hybridized carbons (Fsp3) is 0.917. The fourth-order valence-corrected chi connectivity index (χ4v) is 2.14. The molecule has 0 aromatic heterocycles. The average molecular weight is 301 g/mol. The van der Waals surface area contributed by atoms with Gasteiger partial charge in [-0.2, -0.15) is 27.1 Å². The van der Waals surface area contributed by atoms with Crippen LogP contribution in [0.4, 0.5) is 22.0 Å². The number of hydrogen-bond acceptors (Lipinski definition) is 3. The van der Waals surface area contributed by atoms with E-state index in [1.54, 1.807) is 6.92 Å². The van der Waals surface area contributed by atoms with Crippen molar-refractivity contribution < 1.29 is 22.0 Å². The van der Waals surface area contributed by atoms with Crippen molar-refractivity contribution in [2.75, 3.05) is 6.54 Å². The third-order valence-corrected chi connectivity index (χ3v) is 3.26. The molecule has 1 aliphatic rings. The maximum atomic E-state index is 13.4. The molecule has 0 radical (unpaired) electrons. The van der Waals surface area contributed by atoms with E-state index in [1.807, 2.05) is 6.92 Å². The van der Waals surface area contributed by atoms with Crippen molar-refractivity contribution in [3.63, 3.8) is 0 Å². The van der Waals surface area contributed by atoms with Crippen LogP contribution in [0.25, 0.3) is 0 Å². The Morgan fingerprint density at radius 3 is 2.20 bits per heavy atom. The van der Waals surface area contributed by atoms with Crippen molar-refractivity contribution >= 4 is 6.34 Å². The third-order valence-electron chi connectivity index (χ3n) is 3.26. The first-order chi connectivity index (χ1) is 9.25. The third kappa shape index (κ3) is 3.52. The van der Waals surface area contributed by atoms with E-state index in [1.165, 1.54) is 5.01 Å². The Bertz CT molecular complexity index is 330. The SMILES string of the molecule is CCCCCCN1N=CN(C(F)(F)C(F)(F)F)C1CC. The summed E-state index contributed by atoms with van der Waals surface area (Å²) >= 11 is 0. The van der Waals surface area contributed by atoms with Gasteiger partial charge in [0, 0.05) is 6.54 Å². The van der Waals surface area contributed by atoms with E-state index in [0.29, 0.717) is 12.9 Å². The number of halogens is 5. The summed E-state index contributed by atoms with van der Waals surface area (Å²) in [5.41, 5.74) is 0. The van der Waals surface area contributed by atoms with E-state index >= 15 is 0 Å². The summed E-state index contributed by atoms with van der Waals surface area (Å²) in [5.74, 6) is 0. The maximum absolute atomic E-state index is 13.4. The zero-order valence-corrected chi connectivity index (χ0v) is 11.6. The van der Waals surface area contributed by atoms with Gasteiger partial charge in [-0.1, -0.05) is 33.1 Å². The molecule has 1 aliphatic heterocycles. The molecule has 1 unspecified atom stereocenters. The van der Waals surface area contributed by atoms with Crippen molar-refractivity contribution in [1.82, 2.24) is 9.91 Å². The minimum Gasteiger partial charge on any atom is -0.273 e. The van der Waals surface area contributed by atoms with E-state index in [0.717, 1.165) is 25.7 Å². The number of alkyl halides is 5. The van der Waals surface area contributed by atoms with Crippen LogP contribution in [-0.2, 0) is 0 Å². The number of hydrogen-bond donors (Lipinski definition) is 0. The molecular formula is C12H20F5N3. The Hall–Kier alpha value is -1.08. The van der Waals surface area contributed by atoms with Crippen molar-refractivity contribution in [1.29, 1.82) is 0 Å². The molecule has 0 saturated carbocycles. The smallest absolute Gasteiger partial charge is 0.273 e. The van der Waals surface area contributed by atoms with Crippen molar-refractivity contribution in [3.05, 3.63) is 0 Å². The van der Waals surface area contributed by atoms with Gasteiger partial charge in [0.2, 0.25) is 0 Å². The van der Waals surface area contributed by atoms with E-state index in [2.05, 4.69) is 5.10 Å². The fourth-order valence-electron chi connectivity index (χ4n) is 2.14.